The topological polar surface area (TPSA) is 52.6 Å². The lowest BCUT2D eigenvalue weighted by Crippen LogP contribution is -2.39. The molecule has 0 aromatic rings. The van der Waals surface area contributed by atoms with Gasteiger partial charge in [0.05, 0.1) is 13.2 Å². The molecule has 0 aromatic carbocycles. The molecule has 0 bridgehead atoms. The molecule has 2 fully saturated rings. The third kappa shape index (κ3) is 1.44. The van der Waals surface area contributed by atoms with Crippen molar-refractivity contribution in [3.05, 3.63) is 0 Å². The van der Waals surface area contributed by atoms with Crippen molar-refractivity contribution in [2.75, 3.05) is 13.2 Å². The van der Waals surface area contributed by atoms with E-state index in [-0.39, 0.29) is 12.5 Å². The smallest absolute Gasteiger partial charge is 0.238 e. The van der Waals surface area contributed by atoms with Gasteiger partial charge < -0.3 is 5.11 Å². The van der Waals surface area contributed by atoms with Crippen molar-refractivity contribution in [3.63, 3.8) is 0 Å². The minimum absolute atomic E-state index is 0.0378. The normalized spacial score (nSPS) is 29.9. The Labute approximate surface area is 71.5 Å². The predicted molar refractivity (Wildman–Crippen MR) is 43.1 cm³/mol. The number of aliphatic hydroxyl groups excluding tert-OH is 1. The maximum absolute atomic E-state index is 11.3. The van der Waals surface area contributed by atoms with Gasteiger partial charge in [0.15, 0.2) is 0 Å². The molecule has 12 heavy (non-hydrogen) atoms. The zero-order chi connectivity index (χ0) is 8.55. The fraction of sp³-hybridized carbons (Fsp3) is 0.875. The summed E-state index contributed by atoms with van der Waals surface area (Å²) < 4.78 is 0. The van der Waals surface area contributed by atoms with Gasteiger partial charge in [-0.3, -0.25) is 9.80 Å². The van der Waals surface area contributed by atoms with Crippen molar-refractivity contribution in [1.82, 2.24) is 10.4 Å². The standard InChI is InChI=1S/C8H14N2O2/c11-4-3-10-8(12)5-7(9-10)6-1-2-6/h6-7,9,11H,1-5H2. The molecule has 1 unspecified atom stereocenters. The zero-order valence-electron chi connectivity index (χ0n) is 6.99. The molecule has 1 amide bonds. The molecule has 0 aromatic heterocycles. The Hall–Kier alpha value is -0.610. The second-order valence-electron chi connectivity index (χ2n) is 3.55. The lowest BCUT2D eigenvalue weighted by atomic mass is 10.1. The van der Waals surface area contributed by atoms with Crippen molar-refractivity contribution < 1.29 is 9.90 Å². The molecule has 68 valence electrons. The highest BCUT2D eigenvalue weighted by Gasteiger charge is 2.39. The Balaban J connectivity index is 1.88. The van der Waals surface area contributed by atoms with Gasteiger partial charge in [0, 0.05) is 12.5 Å². The van der Waals surface area contributed by atoms with Crippen LogP contribution < -0.4 is 5.43 Å². The summed E-state index contributed by atoms with van der Waals surface area (Å²) in [7, 11) is 0. The quantitative estimate of drug-likeness (QED) is 0.600. The van der Waals surface area contributed by atoms with Crippen LogP contribution in [0.5, 0.6) is 0 Å². The first-order chi connectivity index (χ1) is 5.81. The lowest BCUT2D eigenvalue weighted by molar-refractivity contribution is -0.130. The molecular weight excluding hydrogens is 156 g/mol. The first-order valence-electron chi connectivity index (χ1n) is 4.48. The van der Waals surface area contributed by atoms with Crippen LogP contribution in [0.4, 0.5) is 0 Å². The van der Waals surface area contributed by atoms with Gasteiger partial charge in [0.1, 0.15) is 0 Å². The molecule has 2 aliphatic rings. The summed E-state index contributed by atoms with van der Waals surface area (Å²) in [5, 5.41) is 10.2. The maximum Gasteiger partial charge on any atom is 0.238 e. The fourth-order valence-electron chi connectivity index (χ4n) is 1.68. The van der Waals surface area contributed by atoms with Crippen LogP contribution in [0.1, 0.15) is 19.3 Å². The van der Waals surface area contributed by atoms with E-state index in [0.29, 0.717) is 24.9 Å². The molecule has 1 atom stereocenters. The van der Waals surface area contributed by atoms with Crippen LogP contribution in [0.25, 0.3) is 0 Å². The zero-order valence-corrected chi connectivity index (χ0v) is 6.99. The average molecular weight is 170 g/mol. The molecule has 2 rings (SSSR count). The van der Waals surface area contributed by atoms with E-state index in [1.54, 1.807) is 5.01 Å². The van der Waals surface area contributed by atoms with Gasteiger partial charge in [-0.05, 0) is 18.8 Å². The molecule has 1 aliphatic heterocycles. The third-order valence-corrected chi connectivity index (χ3v) is 2.53. The number of hydrogen-bond acceptors (Lipinski definition) is 3. The number of amides is 1. The second kappa shape index (κ2) is 3.03. The van der Waals surface area contributed by atoms with Gasteiger partial charge in [-0.1, -0.05) is 0 Å². The van der Waals surface area contributed by atoms with Crippen molar-refractivity contribution >= 4 is 5.91 Å². The number of aliphatic hydroxyl groups is 1. The number of carbonyl (C=O) groups is 1. The minimum atomic E-state index is 0.0378. The van der Waals surface area contributed by atoms with Crippen LogP contribution in [0, 0.1) is 5.92 Å². The summed E-state index contributed by atoms with van der Waals surface area (Å²) in [5.74, 6) is 0.832. The molecule has 4 nitrogen and oxygen atoms in total. The van der Waals surface area contributed by atoms with E-state index in [1.165, 1.54) is 12.8 Å². The molecule has 1 saturated carbocycles. The SMILES string of the molecule is O=C1CC(C2CC2)NN1CCO. The highest BCUT2D eigenvalue weighted by Crippen LogP contribution is 2.35. The van der Waals surface area contributed by atoms with E-state index in [4.69, 9.17) is 5.11 Å². The highest BCUT2D eigenvalue weighted by atomic mass is 16.3. The van der Waals surface area contributed by atoms with E-state index in [9.17, 15) is 4.79 Å². The Bertz CT molecular complexity index is 191. The predicted octanol–water partition coefficient (Wildman–Crippen LogP) is -0.506. The van der Waals surface area contributed by atoms with E-state index in [2.05, 4.69) is 5.43 Å². The van der Waals surface area contributed by atoms with Crippen molar-refractivity contribution in [1.29, 1.82) is 0 Å². The van der Waals surface area contributed by atoms with E-state index in [1.807, 2.05) is 0 Å². The van der Waals surface area contributed by atoms with Crippen LogP contribution in [-0.2, 0) is 4.79 Å². The molecular formula is C8H14N2O2. The molecule has 1 aliphatic carbocycles. The number of nitrogens with one attached hydrogen (secondary N) is 1. The minimum Gasteiger partial charge on any atom is -0.394 e. The first-order valence-corrected chi connectivity index (χ1v) is 4.48. The van der Waals surface area contributed by atoms with Gasteiger partial charge >= 0.3 is 0 Å². The Kier molecular flexibility index (Phi) is 2.02. The van der Waals surface area contributed by atoms with Crippen molar-refractivity contribution in [2.45, 2.75) is 25.3 Å². The molecule has 1 saturated heterocycles. The van der Waals surface area contributed by atoms with Crippen molar-refractivity contribution in [3.8, 4) is 0 Å². The molecule has 2 N–H and O–H groups in total. The van der Waals surface area contributed by atoms with Gasteiger partial charge in [-0.2, -0.15) is 0 Å². The average Bonchev–Trinajstić information content (AvgIpc) is 2.80. The third-order valence-electron chi connectivity index (χ3n) is 2.53. The lowest BCUT2D eigenvalue weighted by Gasteiger charge is -2.15. The summed E-state index contributed by atoms with van der Waals surface area (Å²) in [6, 6.07) is 0.351. The number of hydrazine groups is 1. The largest absolute Gasteiger partial charge is 0.394 e. The summed E-state index contributed by atoms with van der Waals surface area (Å²) in [6.45, 7) is 0.457. The Morgan fingerprint density at radius 3 is 2.92 bits per heavy atom. The maximum atomic E-state index is 11.3. The number of β-amino-alcohol motifs (C(OH)–C–C–N with tert-alkyl or cyclic N) is 1. The van der Waals surface area contributed by atoms with Gasteiger partial charge in [0.25, 0.3) is 0 Å². The number of nitrogens with zero attached hydrogens (tertiary/aromatic N) is 1. The Morgan fingerprint density at radius 1 is 1.58 bits per heavy atom. The van der Waals surface area contributed by atoms with Gasteiger partial charge in [-0.25, -0.2) is 5.43 Å². The monoisotopic (exact) mass is 170 g/mol. The first kappa shape index (κ1) is 8.01. The van der Waals surface area contributed by atoms with Gasteiger partial charge in [0.2, 0.25) is 5.91 Å². The second-order valence-corrected chi connectivity index (χ2v) is 3.55. The van der Waals surface area contributed by atoms with E-state index < -0.39 is 0 Å². The fourth-order valence-corrected chi connectivity index (χ4v) is 1.68. The highest BCUT2D eigenvalue weighted by molar-refractivity contribution is 5.78. The number of carbonyl (C=O) groups excluding carboxylic acids is 1. The molecule has 0 radical (unpaired) electrons. The van der Waals surface area contributed by atoms with E-state index >= 15 is 0 Å². The van der Waals surface area contributed by atoms with Crippen LogP contribution in [0.15, 0.2) is 0 Å². The summed E-state index contributed by atoms with van der Waals surface area (Å²) in [4.78, 5) is 11.3. The summed E-state index contributed by atoms with van der Waals surface area (Å²) >= 11 is 0. The van der Waals surface area contributed by atoms with Gasteiger partial charge in [-0.15, -0.1) is 0 Å². The number of rotatable bonds is 3. The van der Waals surface area contributed by atoms with E-state index in [0.717, 1.165) is 0 Å². The van der Waals surface area contributed by atoms with Crippen LogP contribution in [0.3, 0.4) is 0 Å². The van der Waals surface area contributed by atoms with Crippen LogP contribution >= 0.6 is 0 Å². The van der Waals surface area contributed by atoms with Crippen LogP contribution in [0.2, 0.25) is 0 Å². The molecule has 4 heteroatoms. The summed E-state index contributed by atoms with van der Waals surface area (Å²) in [5.41, 5.74) is 3.13. The van der Waals surface area contributed by atoms with Crippen LogP contribution in [-0.4, -0.2) is 35.2 Å². The summed E-state index contributed by atoms with van der Waals surface area (Å²) in [6.07, 6.45) is 3.11. The Morgan fingerprint density at radius 2 is 2.33 bits per heavy atom. The number of hydrogen-bond donors (Lipinski definition) is 2. The molecule has 0 spiro atoms. The van der Waals surface area contributed by atoms with Crippen molar-refractivity contribution in [2.24, 2.45) is 5.92 Å². The molecule has 1 heterocycles.